The third-order valence-corrected chi connectivity index (χ3v) is 2.35. The standard InChI is InChI=1S/C14H18O/c1-4-5-6-7-11(2)14-9-8-13(15)10-12(14)3/h5-10,15H,4H2,1-3H3/b6-5+,11-7-. The van der Waals surface area contributed by atoms with E-state index in [2.05, 4.69) is 32.1 Å². The minimum atomic E-state index is 0.327. The van der Waals surface area contributed by atoms with Crippen molar-refractivity contribution in [3.8, 4) is 5.75 Å². The molecule has 1 N–H and O–H groups in total. The lowest BCUT2D eigenvalue weighted by Crippen LogP contribution is -1.84. The molecule has 0 spiro atoms. The second-order valence-corrected chi connectivity index (χ2v) is 3.69. The van der Waals surface area contributed by atoms with Crippen molar-refractivity contribution in [2.24, 2.45) is 0 Å². The van der Waals surface area contributed by atoms with Crippen LogP contribution < -0.4 is 0 Å². The zero-order chi connectivity index (χ0) is 11.3. The minimum absolute atomic E-state index is 0.327. The summed E-state index contributed by atoms with van der Waals surface area (Å²) in [6, 6.07) is 5.47. The lowest BCUT2D eigenvalue weighted by molar-refractivity contribution is 0.475. The van der Waals surface area contributed by atoms with Crippen LogP contribution in [0.25, 0.3) is 5.57 Å². The summed E-state index contributed by atoms with van der Waals surface area (Å²) >= 11 is 0. The molecule has 0 heterocycles. The van der Waals surface area contributed by atoms with E-state index in [9.17, 15) is 5.11 Å². The summed E-state index contributed by atoms with van der Waals surface area (Å²) in [6.45, 7) is 6.21. The molecule has 0 aliphatic rings. The van der Waals surface area contributed by atoms with Crippen molar-refractivity contribution in [2.75, 3.05) is 0 Å². The van der Waals surface area contributed by atoms with Gasteiger partial charge < -0.3 is 5.11 Å². The highest BCUT2D eigenvalue weighted by Crippen LogP contribution is 2.22. The molecular formula is C14H18O. The van der Waals surface area contributed by atoms with E-state index in [0.29, 0.717) is 5.75 Å². The first-order chi connectivity index (χ1) is 7.15. The van der Waals surface area contributed by atoms with E-state index >= 15 is 0 Å². The van der Waals surface area contributed by atoms with Crippen molar-refractivity contribution in [1.29, 1.82) is 0 Å². The predicted octanol–water partition coefficient (Wildman–Crippen LogP) is 4.07. The fraction of sp³-hybridized carbons (Fsp3) is 0.286. The van der Waals surface area contributed by atoms with Crippen LogP contribution in [0.3, 0.4) is 0 Å². The van der Waals surface area contributed by atoms with Gasteiger partial charge >= 0.3 is 0 Å². The fourth-order valence-electron chi connectivity index (χ4n) is 1.53. The highest BCUT2D eigenvalue weighted by atomic mass is 16.3. The molecule has 0 bridgehead atoms. The highest BCUT2D eigenvalue weighted by Gasteiger charge is 2.00. The average Bonchev–Trinajstić information content (AvgIpc) is 2.17. The third-order valence-electron chi connectivity index (χ3n) is 2.35. The van der Waals surface area contributed by atoms with Gasteiger partial charge in [0, 0.05) is 0 Å². The summed E-state index contributed by atoms with van der Waals surface area (Å²) < 4.78 is 0. The van der Waals surface area contributed by atoms with Crippen molar-refractivity contribution in [1.82, 2.24) is 0 Å². The summed E-state index contributed by atoms with van der Waals surface area (Å²) in [4.78, 5) is 0. The predicted molar refractivity (Wildman–Crippen MR) is 65.9 cm³/mol. The lowest BCUT2D eigenvalue weighted by Gasteiger charge is -2.05. The van der Waals surface area contributed by atoms with E-state index in [1.807, 2.05) is 13.0 Å². The van der Waals surface area contributed by atoms with E-state index < -0.39 is 0 Å². The van der Waals surface area contributed by atoms with Crippen LogP contribution in [0.4, 0.5) is 0 Å². The molecule has 1 heteroatoms. The Morgan fingerprint density at radius 1 is 1.40 bits per heavy atom. The van der Waals surface area contributed by atoms with Gasteiger partial charge in [-0.1, -0.05) is 31.2 Å². The Hall–Kier alpha value is -1.50. The van der Waals surface area contributed by atoms with Crippen LogP contribution in [0.15, 0.2) is 36.4 Å². The topological polar surface area (TPSA) is 20.2 Å². The van der Waals surface area contributed by atoms with Crippen LogP contribution in [0.1, 0.15) is 31.4 Å². The van der Waals surface area contributed by atoms with E-state index in [0.717, 1.165) is 12.0 Å². The molecule has 1 nitrogen and oxygen atoms in total. The molecule has 0 fully saturated rings. The Kier molecular flexibility index (Phi) is 4.17. The Labute approximate surface area is 91.8 Å². The number of hydrogen-bond acceptors (Lipinski definition) is 1. The van der Waals surface area contributed by atoms with Crippen molar-refractivity contribution in [2.45, 2.75) is 27.2 Å². The molecule has 15 heavy (non-hydrogen) atoms. The van der Waals surface area contributed by atoms with Gasteiger partial charge in [0.2, 0.25) is 0 Å². The molecule has 0 saturated heterocycles. The number of aryl methyl sites for hydroxylation is 1. The maximum atomic E-state index is 9.30. The van der Waals surface area contributed by atoms with Crippen LogP contribution in [-0.2, 0) is 0 Å². The first-order valence-corrected chi connectivity index (χ1v) is 5.28. The van der Waals surface area contributed by atoms with Gasteiger partial charge in [-0.25, -0.2) is 0 Å². The first-order valence-electron chi connectivity index (χ1n) is 5.28. The Bertz CT molecular complexity index is 386. The summed E-state index contributed by atoms with van der Waals surface area (Å²) in [5.41, 5.74) is 3.51. The van der Waals surface area contributed by atoms with Gasteiger partial charge in [-0.3, -0.25) is 0 Å². The molecule has 0 saturated carbocycles. The molecule has 0 atom stereocenters. The van der Waals surface area contributed by atoms with Crippen LogP contribution in [0, 0.1) is 6.92 Å². The van der Waals surface area contributed by atoms with Crippen LogP contribution >= 0.6 is 0 Å². The molecule has 1 aromatic carbocycles. The third kappa shape index (κ3) is 3.28. The van der Waals surface area contributed by atoms with Crippen molar-refractivity contribution < 1.29 is 5.11 Å². The summed E-state index contributed by atoms with van der Waals surface area (Å²) in [7, 11) is 0. The average molecular weight is 202 g/mol. The van der Waals surface area contributed by atoms with E-state index in [1.54, 1.807) is 12.1 Å². The van der Waals surface area contributed by atoms with Gasteiger partial charge in [-0.05, 0) is 49.1 Å². The van der Waals surface area contributed by atoms with Gasteiger partial charge in [0.25, 0.3) is 0 Å². The Morgan fingerprint density at radius 2 is 2.13 bits per heavy atom. The first kappa shape index (κ1) is 11.6. The molecule has 1 rings (SSSR count). The van der Waals surface area contributed by atoms with Gasteiger partial charge in [0.1, 0.15) is 5.75 Å². The molecule has 0 unspecified atom stereocenters. The monoisotopic (exact) mass is 202 g/mol. The van der Waals surface area contributed by atoms with Gasteiger partial charge in [0.05, 0.1) is 0 Å². The van der Waals surface area contributed by atoms with E-state index in [1.165, 1.54) is 11.1 Å². The molecule has 0 radical (unpaired) electrons. The quantitative estimate of drug-likeness (QED) is 0.732. The number of benzene rings is 1. The maximum absolute atomic E-state index is 9.30. The zero-order valence-electron chi connectivity index (χ0n) is 9.62. The number of hydrogen-bond donors (Lipinski definition) is 1. The Balaban J connectivity index is 2.96. The van der Waals surface area contributed by atoms with Crippen LogP contribution in [0.5, 0.6) is 5.75 Å². The summed E-state index contributed by atoms with van der Waals surface area (Å²) in [6.07, 6.45) is 7.35. The van der Waals surface area contributed by atoms with Crippen LogP contribution in [0.2, 0.25) is 0 Å². The normalized spacial score (nSPS) is 12.3. The molecule has 80 valence electrons. The Morgan fingerprint density at radius 3 is 2.73 bits per heavy atom. The zero-order valence-corrected chi connectivity index (χ0v) is 9.62. The van der Waals surface area contributed by atoms with Gasteiger partial charge in [0.15, 0.2) is 0 Å². The molecule has 0 aromatic heterocycles. The largest absolute Gasteiger partial charge is 0.508 e. The van der Waals surface area contributed by atoms with Crippen molar-refractivity contribution in [3.05, 3.63) is 47.6 Å². The van der Waals surface area contributed by atoms with E-state index in [4.69, 9.17) is 0 Å². The SMILES string of the molecule is CC/C=C/C=C(/C)c1ccc(O)cc1C. The van der Waals surface area contributed by atoms with Gasteiger partial charge in [-0.2, -0.15) is 0 Å². The van der Waals surface area contributed by atoms with E-state index in [-0.39, 0.29) is 0 Å². The molecule has 0 amide bonds. The number of aromatic hydroxyl groups is 1. The number of phenols is 1. The number of rotatable bonds is 3. The summed E-state index contributed by atoms with van der Waals surface area (Å²) in [5.74, 6) is 0.327. The highest BCUT2D eigenvalue weighted by molar-refractivity contribution is 5.68. The molecule has 0 aliphatic carbocycles. The van der Waals surface area contributed by atoms with Gasteiger partial charge in [-0.15, -0.1) is 0 Å². The number of allylic oxidation sites excluding steroid dienone is 4. The van der Waals surface area contributed by atoms with Crippen molar-refractivity contribution >= 4 is 5.57 Å². The molecule has 1 aromatic rings. The lowest BCUT2D eigenvalue weighted by atomic mass is 10.0. The molecular weight excluding hydrogens is 184 g/mol. The number of phenolic OH excluding ortho intramolecular Hbond substituents is 1. The second-order valence-electron chi connectivity index (χ2n) is 3.69. The smallest absolute Gasteiger partial charge is 0.115 e. The second kappa shape index (κ2) is 5.40. The van der Waals surface area contributed by atoms with Crippen molar-refractivity contribution in [3.63, 3.8) is 0 Å². The molecule has 0 aliphatic heterocycles. The van der Waals surface area contributed by atoms with Crippen LogP contribution in [-0.4, -0.2) is 5.11 Å². The minimum Gasteiger partial charge on any atom is -0.508 e. The maximum Gasteiger partial charge on any atom is 0.115 e. The fourth-order valence-corrected chi connectivity index (χ4v) is 1.53. The summed E-state index contributed by atoms with van der Waals surface area (Å²) in [5, 5.41) is 9.30.